The van der Waals surface area contributed by atoms with Crippen molar-refractivity contribution in [1.82, 2.24) is 14.8 Å². The van der Waals surface area contributed by atoms with E-state index >= 15 is 0 Å². The van der Waals surface area contributed by atoms with Crippen LogP contribution in [0.15, 0.2) is 41.8 Å². The third kappa shape index (κ3) is 4.12. The number of fused-ring (bicyclic) bond motifs is 2. The quantitative estimate of drug-likeness (QED) is 0.565. The second-order valence-electron chi connectivity index (χ2n) is 7.74. The minimum atomic E-state index is -0.118. The molecular formula is C25H27N3O2S. The van der Waals surface area contributed by atoms with Crippen molar-refractivity contribution in [2.24, 2.45) is 0 Å². The Morgan fingerprint density at radius 3 is 2.58 bits per heavy atom. The highest BCUT2D eigenvalue weighted by Crippen LogP contribution is 2.38. The van der Waals surface area contributed by atoms with E-state index in [0.717, 1.165) is 35.0 Å². The van der Waals surface area contributed by atoms with Crippen molar-refractivity contribution in [2.75, 3.05) is 26.7 Å². The summed E-state index contributed by atoms with van der Waals surface area (Å²) < 4.78 is 0. The molecule has 1 aliphatic carbocycles. The molecule has 2 amide bonds. The van der Waals surface area contributed by atoms with Gasteiger partial charge in [-0.15, -0.1) is 11.3 Å². The Labute approximate surface area is 187 Å². The van der Waals surface area contributed by atoms with Crippen molar-refractivity contribution in [2.45, 2.75) is 26.7 Å². The summed E-state index contributed by atoms with van der Waals surface area (Å²) in [5, 5.41) is 2.91. The van der Waals surface area contributed by atoms with E-state index in [1.54, 1.807) is 28.2 Å². The number of rotatable bonds is 6. The molecule has 1 aliphatic rings. The summed E-state index contributed by atoms with van der Waals surface area (Å²) in [6.45, 7) is 5.26. The molecule has 160 valence electrons. The number of allylic oxidation sites excluding steroid dienone is 1. The SMILES string of the molecule is CCN(CC)C(=O)CN(C)C(=O)c1c2c(nc3ccccc13)/C(=C/c1cccs1)CC2. The lowest BCUT2D eigenvalue weighted by Crippen LogP contribution is -2.41. The van der Waals surface area contributed by atoms with Crippen molar-refractivity contribution in [1.29, 1.82) is 0 Å². The van der Waals surface area contributed by atoms with Gasteiger partial charge in [0.25, 0.3) is 5.91 Å². The average Bonchev–Trinajstić information content (AvgIpc) is 3.43. The number of amides is 2. The van der Waals surface area contributed by atoms with Crippen molar-refractivity contribution in [3.05, 3.63) is 63.5 Å². The van der Waals surface area contributed by atoms with Gasteiger partial charge < -0.3 is 9.80 Å². The number of carbonyl (C=O) groups excluding carboxylic acids is 2. The summed E-state index contributed by atoms with van der Waals surface area (Å²) in [5.74, 6) is -0.151. The van der Waals surface area contributed by atoms with E-state index in [1.807, 2.05) is 44.2 Å². The Kier molecular flexibility index (Phi) is 6.18. The van der Waals surface area contributed by atoms with E-state index in [0.29, 0.717) is 18.7 Å². The molecule has 0 bridgehead atoms. The molecule has 0 N–H and O–H groups in total. The Morgan fingerprint density at radius 1 is 1.10 bits per heavy atom. The summed E-state index contributed by atoms with van der Waals surface area (Å²) >= 11 is 1.70. The predicted molar refractivity (Wildman–Crippen MR) is 127 cm³/mol. The molecule has 0 fully saturated rings. The smallest absolute Gasteiger partial charge is 0.255 e. The van der Waals surface area contributed by atoms with Gasteiger partial charge in [0.2, 0.25) is 5.91 Å². The largest absolute Gasteiger partial charge is 0.342 e. The predicted octanol–water partition coefficient (Wildman–Crippen LogP) is 4.72. The number of para-hydroxylation sites is 1. The van der Waals surface area contributed by atoms with Crippen LogP contribution in [0.3, 0.4) is 0 Å². The van der Waals surface area contributed by atoms with Gasteiger partial charge in [-0.1, -0.05) is 24.3 Å². The van der Waals surface area contributed by atoms with Crippen molar-refractivity contribution in [3.8, 4) is 0 Å². The first-order valence-corrected chi connectivity index (χ1v) is 11.6. The number of benzene rings is 1. The molecule has 1 aromatic carbocycles. The van der Waals surface area contributed by atoms with E-state index in [2.05, 4.69) is 17.5 Å². The van der Waals surface area contributed by atoms with Crippen molar-refractivity contribution in [3.63, 3.8) is 0 Å². The van der Waals surface area contributed by atoms with Crippen LogP contribution in [-0.2, 0) is 11.2 Å². The first kappa shape index (κ1) is 21.2. The van der Waals surface area contributed by atoms with Crippen LogP contribution in [0, 0.1) is 0 Å². The number of aromatic nitrogens is 1. The molecule has 31 heavy (non-hydrogen) atoms. The fourth-order valence-corrected chi connectivity index (χ4v) is 4.89. The topological polar surface area (TPSA) is 53.5 Å². The van der Waals surface area contributed by atoms with Crippen LogP contribution in [-0.4, -0.2) is 53.3 Å². The minimum absolute atomic E-state index is 0.0332. The lowest BCUT2D eigenvalue weighted by Gasteiger charge is -2.24. The Hall–Kier alpha value is -2.99. The normalized spacial score (nSPS) is 14.1. The molecule has 2 heterocycles. The van der Waals surface area contributed by atoms with Crippen LogP contribution < -0.4 is 0 Å². The van der Waals surface area contributed by atoms with Crippen LogP contribution >= 0.6 is 11.3 Å². The second kappa shape index (κ2) is 9.02. The molecule has 0 saturated carbocycles. The molecular weight excluding hydrogens is 406 g/mol. The monoisotopic (exact) mass is 433 g/mol. The minimum Gasteiger partial charge on any atom is -0.342 e. The maximum absolute atomic E-state index is 13.6. The number of likely N-dealkylation sites (N-methyl/N-ethyl adjacent to an activating group) is 2. The van der Waals surface area contributed by atoms with Crippen molar-refractivity contribution >= 4 is 45.7 Å². The first-order chi connectivity index (χ1) is 15.0. The number of nitrogens with zero attached hydrogens (tertiary/aromatic N) is 3. The molecule has 2 aromatic heterocycles. The number of thiophene rings is 1. The maximum atomic E-state index is 13.6. The van der Waals surface area contributed by atoms with Gasteiger partial charge in [-0.25, -0.2) is 4.98 Å². The molecule has 6 heteroatoms. The third-order valence-electron chi connectivity index (χ3n) is 5.85. The van der Waals surface area contributed by atoms with Gasteiger partial charge in [-0.2, -0.15) is 0 Å². The Balaban J connectivity index is 1.76. The summed E-state index contributed by atoms with van der Waals surface area (Å²) in [5.41, 5.74) is 4.57. The second-order valence-corrected chi connectivity index (χ2v) is 8.72. The maximum Gasteiger partial charge on any atom is 0.255 e. The first-order valence-electron chi connectivity index (χ1n) is 10.7. The molecule has 0 saturated heterocycles. The molecule has 0 aliphatic heterocycles. The van der Waals surface area contributed by atoms with Crippen LogP contribution in [0.4, 0.5) is 0 Å². The highest BCUT2D eigenvalue weighted by molar-refractivity contribution is 7.10. The summed E-state index contributed by atoms with van der Waals surface area (Å²) in [7, 11) is 1.71. The fourth-order valence-electron chi connectivity index (χ4n) is 4.21. The van der Waals surface area contributed by atoms with Gasteiger partial charge in [-0.05, 0) is 61.4 Å². The van der Waals surface area contributed by atoms with Crippen molar-refractivity contribution < 1.29 is 9.59 Å². The van der Waals surface area contributed by atoms with E-state index in [1.165, 1.54) is 10.5 Å². The van der Waals surface area contributed by atoms with Gasteiger partial charge in [0.05, 0.1) is 23.3 Å². The highest BCUT2D eigenvalue weighted by atomic mass is 32.1. The van der Waals surface area contributed by atoms with E-state index in [9.17, 15) is 9.59 Å². The summed E-state index contributed by atoms with van der Waals surface area (Å²) in [6, 6.07) is 11.9. The van der Waals surface area contributed by atoms with Crippen LogP contribution in [0.2, 0.25) is 0 Å². The van der Waals surface area contributed by atoms with Gasteiger partial charge >= 0.3 is 0 Å². The summed E-state index contributed by atoms with van der Waals surface area (Å²) in [4.78, 5) is 35.6. The zero-order valence-electron chi connectivity index (χ0n) is 18.2. The van der Waals surface area contributed by atoms with Crippen LogP contribution in [0.5, 0.6) is 0 Å². The molecule has 0 unspecified atom stereocenters. The van der Waals surface area contributed by atoms with Crippen LogP contribution in [0.25, 0.3) is 22.6 Å². The van der Waals surface area contributed by atoms with E-state index in [-0.39, 0.29) is 18.4 Å². The zero-order chi connectivity index (χ0) is 22.0. The van der Waals surface area contributed by atoms with Gasteiger partial charge in [0, 0.05) is 30.4 Å². The Morgan fingerprint density at radius 2 is 1.87 bits per heavy atom. The highest BCUT2D eigenvalue weighted by Gasteiger charge is 2.29. The zero-order valence-corrected chi connectivity index (χ0v) is 19.0. The third-order valence-corrected chi connectivity index (χ3v) is 6.67. The number of carbonyl (C=O) groups is 2. The molecule has 0 spiro atoms. The van der Waals surface area contributed by atoms with Crippen LogP contribution in [0.1, 0.15) is 46.8 Å². The summed E-state index contributed by atoms with van der Waals surface area (Å²) in [6.07, 6.45) is 3.82. The number of hydrogen-bond donors (Lipinski definition) is 0. The van der Waals surface area contributed by atoms with Gasteiger partial charge in [0.1, 0.15) is 0 Å². The molecule has 0 atom stereocenters. The fraction of sp³-hybridized carbons (Fsp3) is 0.320. The number of hydrogen-bond acceptors (Lipinski definition) is 4. The van der Waals surface area contributed by atoms with Gasteiger partial charge in [0.15, 0.2) is 0 Å². The standard InChI is InChI=1S/C25H27N3O2S/c1-4-28(5-2)22(29)16-27(3)25(30)23-19-10-6-7-11-21(19)26-24-17(12-13-20(23)24)15-18-9-8-14-31-18/h6-11,14-15H,4-5,12-13,16H2,1-3H3/b17-15+. The molecule has 5 nitrogen and oxygen atoms in total. The average molecular weight is 434 g/mol. The lowest BCUT2D eigenvalue weighted by molar-refractivity contribution is -0.131. The lowest BCUT2D eigenvalue weighted by atomic mass is 9.99. The molecule has 3 aromatic rings. The molecule has 0 radical (unpaired) electrons. The van der Waals surface area contributed by atoms with Gasteiger partial charge in [-0.3, -0.25) is 9.59 Å². The molecule has 4 rings (SSSR count). The van der Waals surface area contributed by atoms with E-state index < -0.39 is 0 Å². The van der Waals surface area contributed by atoms with E-state index in [4.69, 9.17) is 4.98 Å². The number of pyridine rings is 1. The Bertz CT molecular complexity index is 1150.